The smallest absolute Gasteiger partial charge is 0.135 e. The van der Waals surface area contributed by atoms with Crippen molar-refractivity contribution in [3.8, 4) is 0 Å². The van der Waals surface area contributed by atoms with Crippen molar-refractivity contribution in [2.75, 3.05) is 39.3 Å². The van der Waals surface area contributed by atoms with E-state index in [9.17, 15) is 9.59 Å². The van der Waals surface area contributed by atoms with Crippen molar-refractivity contribution < 1.29 is 9.59 Å². The average molecular weight is 310 g/mol. The molecule has 2 aliphatic heterocycles. The Morgan fingerprint density at radius 1 is 0.682 bits per heavy atom. The fourth-order valence-corrected chi connectivity index (χ4v) is 2.82. The highest BCUT2D eigenvalue weighted by Gasteiger charge is 2.15. The third kappa shape index (κ3) is 8.64. The molecule has 2 rings (SSSR count). The second-order valence-electron chi connectivity index (χ2n) is 6.47. The summed E-state index contributed by atoms with van der Waals surface area (Å²) in [7, 11) is 0. The maximum atomic E-state index is 10.9. The van der Waals surface area contributed by atoms with Gasteiger partial charge in [0.05, 0.1) is 0 Å². The highest BCUT2D eigenvalue weighted by atomic mass is 16.1. The van der Waals surface area contributed by atoms with Gasteiger partial charge in [-0.15, -0.1) is 0 Å². The quantitative estimate of drug-likeness (QED) is 0.756. The van der Waals surface area contributed by atoms with Crippen molar-refractivity contribution in [3.63, 3.8) is 0 Å². The number of ketones is 2. The highest BCUT2D eigenvalue weighted by Crippen LogP contribution is 2.07. The van der Waals surface area contributed by atoms with E-state index in [2.05, 4.69) is 23.6 Å². The van der Waals surface area contributed by atoms with Gasteiger partial charge in [0.2, 0.25) is 0 Å². The number of Topliss-reactive ketones (excluding diaryl/α,β-unsaturated/α-hetero) is 2. The predicted octanol–water partition coefficient (Wildman–Crippen LogP) is 2.90. The molecule has 0 aromatic carbocycles. The third-order valence-corrected chi connectivity index (χ3v) is 4.48. The summed E-state index contributed by atoms with van der Waals surface area (Å²) in [6.45, 7) is 10.8. The number of piperidine rings is 2. The minimum atomic E-state index is 0.442. The molecule has 0 atom stereocenters. The molecule has 0 spiro atoms. The molecule has 0 aliphatic carbocycles. The molecule has 0 saturated carbocycles. The summed E-state index contributed by atoms with van der Waals surface area (Å²) in [4.78, 5) is 26.5. The lowest BCUT2D eigenvalue weighted by atomic mass is 10.1. The summed E-state index contributed by atoms with van der Waals surface area (Å²) in [5.74, 6) is 0.885. The van der Waals surface area contributed by atoms with Crippen molar-refractivity contribution in [2.24, 2.45) is 0 Å². The molecule has 2 saturated heterocycles. The van der Waals surface area contributed by atoms with Crippen LogP contribution in [0.1, 0.15) is 65.2 Å². The van der Waals surface area contributed by atoms with Crippen LogP contribution in [0.4, 0.5) is 0 Å². The number of carbonyl (C=O) groups excluding carboxylic acids is 2. The molecule has 0 unspecified atom stereocenters. The predicted molar refractivity (Wildman–Crippen MR) is 91.2 cm³/mol. The summed E-state index contributed by atoms with van der Waals surface area (Å²) in [5.41, 5.74) is 0. The van der Waals surface area contributed by atoms with Gasteiger partial charge in [-0.3, -0.25) is 9.59 Å². The van der Waals surface area contributed by atoms with Crippen molar-refractivity contribution in [1.29, 1.82) is 0 Å². The Bertz CT molecular complexity index is 279. The number of nitrogens with zero attached hydrogens (tertiary/aromatic N) is 2. The summed E-state index contributed by atoms with van der Waals surface area (Å²) in [6.07, 6.45) is 8.18. The van der Waals surface area contributed by atoms with Crippen LogP contribution in [-0.2, 0) is 9.59 Å². The van der Waals surface area contributed by atoms with E-state index in [4.69, 9.17) is 0 Å². The SMILES string of the molecule is CCCCN1CCC(=O)CC1.CCCCN1CCC(=O)CC1. The first-order valence-electron chi connectivity index (χ1n) is 9.13. The van der Waals surface area contributed by atoms with Gasteiger partial charge in [0.1, 0.15) is 11.6 Å². The van der Waals surface area contributed by atoms with E-state index in [1.165, 1.54) is 38.8 Å². The Morgan fingerprint density at radius 2 is 1.00 bits per heavy atom. The standard InChI is InChI=1S/2C9H17NO/c2*1-2-3-6-10-7-4-9(11)5-8-10/h2*2-8H2,1H3. The zero-order valence-corrected chi connectivity index (χ0v) is 14.6. The summed E-state index contributed by atoms with van der Waals surface area (Å²) < 4.78 is 0. The van der Waals surface area contributed by atoms with E-state index in [1.54, 1.807) is 0 Å². The molecule has 2 fully saturated rings. The molecule has 2 aliphatic rings. The second kappa shape index (κ2) is 11.8. The van der Waals surface area contributed by atoms with Crippen molar-refractivity contribution in [1.82, 2.24) is 9.80 Å². The van der Waals surface area contributed by atoms with Gasteiger partial charge in [0.15, 0.2) is 0 Å². The van der Waals surface area contributed by atoms with E-state index >= 15 is 0 Å². The highest BCUT2D eigenvalue weighted by molar-refractivity contribution is 5.79. The topological polar surface area (TPSA) is 40.6 Å². The minimum absolute atomic E-state index is 0.442. The average Bonchev–Trinajstić information content (AvgIpc) is 2.54. The zero-order valence-electron chi connectivity index (χ0n) is 14.6. The van der Waals surface area contributed by atoms with Crippen molar-refractivity contribution in [2.45, 2.75) is 65.2 Å². The number of hydrogen-bond donors (Lipinski definition) is 0. The van der Waals surface area contributed by atoms with Crippen LogP contribution in [0.5, 0.6) is 0 Å². The Morgan fingerprint density at radius 3 is 1.27 bits per heavy atom. The van der Waals surface area contributed by atoms with Crippen LogP contribution in [0.25, 0.3) is 0 Å². The molecule has 128 valence electrons. The van der Waals surface area contributed by atoms with Gasteiger partial charge in [-0.1, -0.05) is 26.7 Å². The van der Waals surface area contributed by atoms with Crippen LogP contribution in [0, 0.1) is 0 Å². The summed E-state index contributed by atoms with van der Waals surface area (Å²) in [6, 6.07) is 0. The lowest BCUT2D eigenvalue weighted by Crippen LogP contribution is -2.34. The van der Waals surface area contributed by atoms with E-state index in [0.29, 0.717) is 11.6 Å². The number of hydrogen-bond acceptors (Lipinski definition) is 4. The maximum Gasteiger partial charge on any atom is 0.135 e. The van der Waals surface area contributed by atoms with Gasteiger partial charge in [-0.2, -0.15) is 0 Å². The maximum absolute atomic E-state index is 10.9. The normalized spacial score (nSPS) is 20.6. The number of likely N-dealkylation sites (tertiary alicyclic amines) is 2. The molecule has 0 aromatic heterocycles. The fourth-order valence-electron chi connectivity index (χ4n) is 2.82. The molecule has 2 heterocycles. The van der Waals surface area contributed by atoms with Crippen LogP contribution >= 0.6 is 0 Å². The fraction of sp³-hybridized carbons (Fsp3) is 0.889. The molecule has 4 heteroatoms. The van der Waals surface area contributed by atoms with Crippen LogP contribution in [-0.4, -0.2) is 60.6 Å². The number of unbranched alkanes of at least 4 members (excludes halogenated alkanes) is 2. The van der Waals surface area contributed by atoms with E-state index < -0.39 is 0 Å². The van der Waals surface area contributed by atoms with Crippen molar-refractivity contribution in [3.05, 3.63) is 0 Å². The molecule has 0 radical (unpaired) electrons. The first-order chi connectivity index (χ1) is 10.7. The number of rotatable bonds is 6. The van der Waals surface area contributed by atoms with Crippen LogP contribution in [0.2, 0.25) is 0 Å². The van der Waals surface area contributed by atoms with Crippen LogP contribution in [0.15, 0.2) is 0 Å². The molecule has 22 heavy (non-hydrogen) atoms. The zero-order chi connectivity index (χ0) is 16.2. The van der Waals surface area contributed by atoms with Gasteiger partial charge >= 0.3 is 0 Å². The van der Waals surface area contributed by atoms with Gasteiger partial charge < -0.3 is 9.80 Å². The van der Waals surface area contributed by atoms with Crippen molar-refractivity contribution >= 4 is 11.6 Å². The van der Waals surface area contributed by atoms with Gasteiger partial charge in [0.25, 0.3) is 0 Å². The molecule has 4 nitrogen and oxygen atoms in total. The molecular formula is C18H34N2O2. The Kier molecular flexibility index (Phi) is 10.3. The number of carbonyl (C=O) groups is 2. The Labute approximate surface area is 136 Å². The lowest BCUT2D eigenvalue weighted by Gasteiger charge is -2.25. The Balaban J connectivity index is 0.000000220. The molecule has 0 bridgehead atoms. The molecular weight excluding hydrogens is 276 g/mol. The molecule has 0 aromatic rings. The van der Waals surface area contributed by atoms with E-state index in [0.717, 1.165) is 51.9 Å². The minimum Gasteiger partial charge on any atom is -0.302 e. The molecule has 0 amide bonds. The Hall–Kier alpha value is -0.740. The van der Waals surface area contributed by atoms with Crippen LogP contribution in [0.3, 0.4) is 0 Å². The van der Waals surface area contributed by atoms with Gasteiger partial charge in [-0.25, -0.2) is 0 Å². The molecule has 0 N–H and O–H groups in total. The van der Waals surface area contributed by atoms with E-state index in [1.807, 2.05) is 0 Å². The van der Waals surface area contributed by atoms with Gasteiger partial charge in [-0.05, 0) is 25.9 Å². The van der Waals surface area contributed by atoms with Gasteiger partial charge in [0, 0.05) is 51.9 Å². The first kappa shape index (κ1) is 19.3. The summed E-state index contributed by atoms with van der Waals surface area (Å²) >= 11 is 0. The lowest BCUT2D eigenvalue weighted by molar-refractivity contribution is -0.122. The van der Waals surface area contributed by atoms with E-state index in [-0.39, 0.29) is 0 Å². The second-order valence-corrected chi connectivity index (χ2v) is 6.47. The van der Waals surface area contributed by atoms with Crippen LogP contribution < -0.4 is 0 Å². The monoisotopic (exact) mass is 310 g/mol. The third-order valence-electron chi connectivity index (χ3n) is 4.48. The largest absolute Gasteiger partial charge is 0.302 e. The summed E-state index contributed by atoms with van der Waals surface area (Å²) in [5, 5.41) is 0. The first-order valence-corrected chi connectivity index (χ1v) is 9.13.